The summed E-state index contributed by atoms with van der Waals surface area (Å²) in [5, 5.41) is 14.3. The van der Waals surface area contributed by atoms with E-state index in [1.807, 2.05) is 6.07 Å². The number of nitrogens with one attached hydrogen (secondary N) is 1. The van der Waals surface area contributed by atoms with Gasteiger partial charge in [-0.3, -0.25) is 0 Å². The molecule has 0 amide bonds. The molecule has 0 aliphatic carbocycles. The maximum absolute atomic E-state index is 14.6. The Morgan fingerprint density at radius 1 is 0.818 bits per heavy atom. The Balaban J connectivity index is 1.64. The molecule has 1 atom stereocenters. The SMILES string of the molecule is OC1C(c2c(F)cccc2F)=Cc2cnc(Nc3ccc(F)cn3)cc2N1c1ccccc1. The number of hydrogen-bond donors (Lipinski definition) is 2. The van der Waals surface area contributed by atoms with Crippen molar-refractivity contribution in [2.75, 3.05) is 10.2 Å². The van der Waals surface area contributed by atoms with Gasteiger partial charge in [0.15, 0.2) is 6.23 Å². The molecule has 1 aliphatic rings. The molecular formula is C25H17F3N4O. The Bertz CT molecular complexity index is 1320. The lowest BCUT2D eigenvalue weighted by molar-refractivity contribution is 0.237. The van der Waals surface area contributed by atoms with Crippen LogP contribution in [-0.4, -0.2) is 21.3 Å². The molecule has 0 radical (unpaired) electrons. The molecule has 0 spiro atoms. The van der Waals surface area contributed by atoms with Crippen molar-refractivity contribution in [1.29, 1.82) is 0 Å². The van der Waals surface area contributed by atoms with Gasteiger partial charge in [0.2, 0.25) is 0 Å². The highest BCUT2D eigenvalue weighted by Crippen LogP contribution is 2.42. The maximum Gasteiger partial charge on any atom is 0.158 e. The Labute approximate surface area is 187 Å². The minimum absolute atomic E-state index is 0.0738. The van der Waals surface area contributed by atoms with Crippen LogP contribution in [0.25, 0.3) is 11.6 Å². The van der Waals surface area contributed by atoms with Gasteiger partial charge in [-0.05, 0) is 42.5 Å². The molecule has 0 saturated heterocycles. The first-order valence-corrected chi connectivity index (χ1v) is 10.1. The van der Waals surface area contributed by atoms with E-state index in [0.717, 1.165) is 18.3 Å². The molecule has 0 saturated carbocycles. The quantitative estimate of drug-likeness (QED) is 0.424. The zero-order chi connectivity index (χ0) is 22.9. The van der Waals surface area contributed by atoms with Crippen LogP contribution in [-0.2, 0) is 0 Å². The predicted octanol–water partition coefficient (Wildman–Crippen LogP) is 5.65. The predicted molar refractivity (Wildman–Crippen MR) is 121 cm³/mol. The molecule has 33 heavy (non-hydrogen) atoms. The van der Waals surface area contributed by atoms with Crippen molar-refractivity contribution >= 4 is 34.7 Å². The Morgan fingerprint density at radius 2 is 1.55 bits per heavy atom. The number of fused-ring (bicyclic) bond motifs is 1. The van der Waals surface area contributed by atoms with Crippen molar-refractivity contribution in [3.8, 4) is 0 Å². The summed E-state index contributed by atoms with van der Waals surface area (Å²) in [6.07, 6.45) is 2.76. The van der Waals surface area contributed by atoms with Crippen LogP contribution in [0.3, 0.4) is 0 Å². The molecule has 5 nitrogen and oxygen atoms in total. The molecule has 3 heterocycles. The van der Waals surface area contributed by atoms with Crippen molar-refractivity contribution in [2.45, 2.75) is 6.23 Å². The molecule has 164 valence electrons. The number of hydrogen-bond acceptors (Lipinski definition) is 5. The Morgan fingerprint density at radius 3 is 2.24 bits per heavy atom. The third-order valence-electron chi connectivity index (χ3n) is 5.27. The smallest absolute Gasteiger partial charge is 0.158 e. The molecule has 4 aromatic rings. The minimum atomic E-state index is -1.37. The van der Waals surface area contributed by atoms with E-state index in [2.05, 4.69) is 15.3 Å². The van der Waals surface area contributed by atoms with Gasteiger partial charge in [-0.15, -0.1) is 0 Å². The van der Waals surface area contributed by atoms with Crippen LogP contribution in [0.2, 0.25) is 0 Å². The number of benzene rings is 2. The third kappa shape index (κ3) is 3.92. The van der Waals surface area contributed by atoms with Gasteiger partial charge in [0, 0.05) is 29.1 Å². The largest absolute Gasteiger partial charge is 0.369 e. The fraction of sp³-hybridized carbons (Fsp3) is 0.0400. The highest BCUT2D eigenvalue weighted by atomic mass is 19.1. The standard InChI is InChI=1S/C25H17F3N4O/c26-16-9-10-22(30-14-16)31-23-12-21-15(13-29-23)11-18(24-19(27)7-4-8-20(24)28)25(33)32(21)17-5-2-1-3-6-17/h1-14,25,33H,(H,29,30,31). The summed E-state index contributed by atoms with van der Waals surface area (Å²) in [5.41, 5.74) is 1.51. The lowest BCUT2D eigenvalue weighted by atomic mass is 9.95. The van der Waals surface area contributed by atoms with Crippen molar-refractivity contribution in [3.05, 3.63) is 108 Å². The van der Waals surface area contributed by atoms with Gasteiger partial charge in [0.05, 0.1) is 17.4 Å². The first kappa shape index (κ1) is 20.7. The van der Waals surface area contributed by atoms with Gasteiger partial charge in [-0.2, -0.15) is 0 Å². The van der Waals surface area contributed by atoms with Gasteiger partial charge in [-0.25, -0.2) is 23.1 Å². The molecule has 0 fully saturated rings. The van der Waals surface area contributed by atoms with Crippen molar-refractivity contribution < 1.29 is 18.3 Å². The average Bonchev–Trinajstić information content (AvgIpc) is 2.81. The summed E-state index contributed by atoms with van der Waals surface area (Å²) in [4.78, 5) is 9.89. The molecule has 2 aromatic carbocycles. The summed E-state index contributed by atoms with van der Waals surface area (Å²) in [5.74, 6) is -1.22. The molecule has 1 unspecified atom stereocenters. The number of para-hydroxylation sites is 1. The number of halogens is 3. The number of aliphatic hydroxyl groups excluding tert-OH is 1. The summed E-state index contributed by atoms with van der Waals surface area (Å²) >= 11 is 0. The number of aromatic nitrogens is 2. The average molecular weight is 446 g/mol. The third-order valence-corrected chi connectivity index (χ3v) is 5.27. The van der Waals surface area contributed by atoms with E-state index in [1.54, 1.807) is 35.2 Å². The molecular weight excluding hydrogens is 429 g/mol. The van der Waals surface area contributed by atoms with E-state index >= 15 is 0 Å². The van der Waals surface area contributed by atoms with Crippen molar-refractivity contribution in [2.24, 2.45) is 0 Å². The highest BCUT2D eigenvalue weighted by Gasteiger charge is 2.32. The van der Waals surface area contributed by atoms with E-state index < -0.39 is 23.7 Å². The van der Waals surface area contributed by atoms with Gasteiger partial charge < -0.3 is 15.3 Å². The van der Waals surface area contributed by atoms with Gasteiger partial charge >= 0.3 is 0 Å². The van der Waals surface area contributed by atoms with Crippen LogP contribution >= 0.6 is 0 Å². The summed E-state index contributed by atoms with van der Waals surface area (Å²) < 4.78 is 42.3. The fourth-order valence-electron chi connectivity index (χ4n) is 3.78. The van der Waals surface area contributed by atoms with Crippen LogP contribution in [0.4, 0.5) is 36.2 Å². The van der Waals surface area contributed by atoms with E-state index in [9.17, 15) is 18.3 Å². The number of rotatable bonds is 4. The Hall–Kier alpha value is -4.17. The van der Waals surface area contributed by atoms with E-state index in [1.165, 1.54) is 30.5 Å². The Kier molecular flexibility index (Phi) is 5.27. The number of anilines is 4. The van der Waals surface area contributed by atoms with Crippen molar-refractivity contribution in [1.82, 2.24) is 9.97 Å². The number of aliphatic hydroxyl groups is 1. The molecule has 2 N–H and O–H groups in total. The molecule has 0 bridgehead atoms. The second kappa shape index (κ2) is 8.40. The van der Waals surface area contributed by atoms with Crippen LogP contribution in [0.15, 0.2) is 79.1 Å². The van der Waals surface area contributed by atoms with E-state index in [0.29, 0.717) is 28.6 Å². The zero-order valence-electron chi connectivity index (χ0n) is 17.1. The lowest BCUT2D eigenvalue weighted by Crippen LogP contribution is -2.35. The monoisotopic (exact) mass is 446 g/mol. The first-order valence-electron chi connectivity index (χ1n) is 10.1. The van der Waals surface area contributed by atoms with Gasteiger partial charge in [0.1, 0.15) is 29.1 Å². The topological polar surface area (TPSA) is 61.3 Å². The number of pyridine rings is 2. The second-order valence-electron chi connectivity index (χ2n) is 7.39. The lowest BCUT2D eigenvalue weighted by Gasteiger charge is -2.36. The molecule has 2 aromatic heterocycles. The summed E-state index contributed by atoms with van der Waals surface area (Å²) in [7, 11) is 0. The molecule has 5 rings (SSSR count). The fourth-order valence-corrected chi connectivity index (χ4v) is 3.78. The molecule has 8 heteroatoms. The maximum atomic E-state index is 14.6. The molecule has 1 aliphatic heterocycles. The first-order chi connectivity index (χ1) is 16.0. The van der Waals surface area contributed by atoms with Crippen molar-refractivity contribution in [3.63, 3.8) is 0 Å². The normalized spacial score (nSPS) is 15.1. The van der Waals surface area contributed by atoms with E-state index in [-0.39, 0.29) is 11.1 Å². The summed E-state index contributed by atoms with van der Waals surface area (Å²) in [6.45, 7) is 0. The van der Waals surface area contributed by atoms with Crippen LogP contribution in [0, 0.1) is 17.5 Å². The van der Waals surface area contributed by atoms with Gasteiger partial charge in [0.25, 0.3) is 0 Å². The zero-order valence-corrected chi connectivity index (χ0v) is 17.1. The summed E-state index contributed by atoms with van der Waals surface area (Å²) in [6, 6.07) is 17.0. The van der Waals surface area contributed by atoms with Crippen LogP contribution < -0.4 is 10.2 Å². The van der Waals surface area contributed by atoms with E-state index in [4.69, 9.17) is 0 Å². The second-order valence-corrected chi connectivity index (χ2v) is 7.39. The highest BCUT2D eigenvalue weighted by molar-refractivity contribution is 5.95. The van der Waals surface area contributed by atoms with Crippen LogP contribution in [0.1, 0.15) is 11.1 Å². The van der Waals surface area contributed by atoms with Gasteiger partial charge in [-0.1, -0.05) is 24.3 Å². The van der Waals surface area contributed by atoms with Crippen LogP contribution in [0.5, 0.6) is 0 Å². The minimum Gasteiger partial charge on any atom is -0.369 e. The number of nitrogens with zero attached hydrogens (tertiary/aromatic N) is 3.